The molecule has 2 N–H and O–H groups in total. The Hall–Kier alpha value is -3.70. The van der Waals surface area contributed by atoms with Crippen molar-refractivity contribution in [3.05, 3.63) is 34.1 Å². The van der Waals surface area contributed by atoms with E-state index in [-0.39, 0.29) is 24.6 Å². The summed E-state index contributed by atoms with van der Waals surface area (Å²) < 4.78 is 12.0. The zero-order chi connectivity index (χ0) is 26.5. The van der Waals surface area contributed by atoms with Gasteiger partial charge >= 0.3 is 12.1 Å². The molecule has 1 heterocycles. The Kier molecular flexibility index (Phi) is 8.77. The standard InChI is InChI=1S/C23H33N5O7/c1-8-34-21(30)19(13(2)3)26-20(29)16(25-22(31)35-23(4,5)6)12-18-24-15-11-14(28(32)33)9-10-17(15)27(18)7/h9-11,13,16,19H,8,12H2,1-7H3,(H,25,31)(H,26,29)/t16-,19-/m0/s1. The Morgan fingerprint density at radius 2 is 1.86 bits per heavy atom. The highest BCUT2D eigenvalue weighted by Crippen LogP contribution is 2.22. The van der Waals surface area contributed by atoms with Crippen LogP contribution in [0, 0.1) is 16.0 Å². The molecule has 0 saturated heterocycles. The summed E-state index contributed by atoms with van der Waals surface area (Å²) in [4.78, 5) is 53.1. The molecule has 0 aliphatic rings. The predicted octanol–water partition coefficient (Wildman–Crippen LogP) is 2.62. The number of fused-ring (bicyclic) bond motifs is 1. The van der Waals surface area contributed by atoms with Gasteiger partial charge in [-0.05, 0) is 39.7 Å². The highest BCUT2D eigenvalue weighted by molar-refractivity contribution is 5.90. The van der Waals surface area contributed by atoms with Crippen LogP contribution < -0.4 is 10.6 Å². The number of ether oxygens (including phenoxy) is 2. The molecule has 2 rings (SSSR count). The van der Waals surface area contributed by atoms with E-state index in [0.29, 0.717) is 16.9 Å². The number of alkyl carbamates (subject to hydrolysis) is 1. The normalized spacial score (nSPS) is 13.3. The molecule has 0 saturated carbocycles. The summed E-state index contributed by atoms with van der Waals surface area (Å²) in [6.45, 7) is 10.4. The summed E-state index contributed by atoms with van der Waals surface area (Å²) in [5, 5.41) is 16.3. The van der Waals surface area contributed by atoms with Crippen LogP contribution in [0.5, 0.6) is 0 Å². The fourth-order valence-electron chi connectivity index (χ4n) is 3.36. The monoisotopic (exact) mass is 491 g/mol. The molecule has 2 aromatic rings. The van der Waals surface area contributed by atoms with E-state index in [0.717, 1.165) is 0 Å². The van der Waals surface area contributed by atoms with Crippen molar-refractivity contribution in [2.75, 3.05) is 6.61 Å². The van der Waals surface area contributed by atoms with Crippen molar-refractivity contribution in [2.45, 2.75) is 65.6 Å². The zero-order valence-corrected chi connectivity index (χ0v) is 21.1. The number of nitrogens with zero attached hydrogens (tertiary/aromatic N) is 3. The molecule has 0 fully saturated rings. The number of carbonyl (C=O) groups excluding carboxylic acids is 3. The van der Waals surface area contributed by atoms with Gasteiger partial charge in [0.15, 0.2) is 0 Å². The number of aromatic nitrogens is 2. The topological polar surface area (TPSA) is 155 Å². The SMILES string of the molecule is CCOC(=O)[C@@H](NC(=O)[C@H](Cc1nc2cc([N+](=O)[O-])ccc2n1C)NC(=O)OC(C)(C)C)C(C)C. The predicted molar refractivity (Wildman–Crippen MR) is 128 cm³/mol. The third-order valence-corrected chi connectivity index (χ3v) is 5.07. The summed E-state index contributed by atoms with van der Waals surface area (Å²) >= 11 is 0. The maximum Gasteiger partial charge on any atom is 0.408 e. The second-order valence-corrected chi connectivity index (χ2v) is 9.40. The van der Waals surface area contributed by atoms with E-state index < -0.39 is 40.6 Å². The van der Waals surface area contributed by atoms with E-state index in [9.17, 15) is 24.5 Å². The number of hydrogen-bond acceptors (Lipinski definition) is 8. The Morgan fingerprint density at radius 3 is 2.40 bits per heavy atom. The summed E-state index contributed by atoms with van der Waals surface area (Å²) in [5.74, 6) is -1.08. The van der Waals surface area contributed by atoms with Crippen LogP contribution >= 0.6 is 0 Å². The van der Waals surface area contributed by atoms with Gasteiger partial charge in [0, 0.05) is 25.6 Å². The molecule has 12 heteroatoms. The summed E-state index contributed by atoms with van der Waals surface area (Å²) in [7, 11) is 1.70. The number of non-ortho nitro benzene ring substituents is 1. The number of nitro benzene ring substituents is 1. The Labute approximate surface area is 203 Å². The average molecular weight is 492 g/mol. The first-order valence-corrected chi connectivity index (χ1v) is 11.3. The number of carbonyl (C=O) groups is 3. The van der Waals surface area contributed by atoms with Crippen LogP contribution in [0.4, 0.5) is 10.5 Å². The van der Waals surface area contributed by atoms with Gasteiger partial charge in [-0.2, -0.15) is 0 Å². The number of rotatable bonds is 9. The maximum absolute atomic E-state index is 13.2. The van der Waals surface area contributed by atoms with Gasteiger partial charge < -0.3 is 24.7 Å². The molecule has 192 valence electrons. The number of imidazole rings is 1. The number of benzene rings is 1. The third-order valence-electron chi connectivity index (χ3n) is 5.07. The van der Waals surface area contributed by atoms with E-state index in [1.807, 2.05) is 0 Å². The first-order valence-electron chi connectivity index (χ1n) is 11.3. The lowest BCUT2D eigenvalue weighted by Crippen LogP contribution is -2.55. The van der Waals surface area contributed by atoms with Gasteiger partial charge in [0.05, 0.1) is 22.6 Å². The van der Waals surface area contributed by atoms with Crippen LogP contribution in [0.2, 0.25) is 0 Å². The second-order valence-electron chi connectivity index (χ2n) is 9.40. The minimum atomic E-state index is -1.15. The van der Waals surface area contributed by atoms with Gasteiger partial charge in [0.1, 0.15) is 23.5 Å². The zero-order valence-electron chi connectivity index (χ0n) is 21.1. The lowest BCUT2D eigenvalue weighted by Gasteiger charge is -2.26. The molecule has 35 heavy (non-hydrogen) atoms. The molecule has 0 unspecified atom stereocenters. The minimum Gasteiger partial charge on any atom is -0.464 e. The van der Waals surface area contributed by atoms with Gasteiger partial charge in [-0.25, -0.2) is 14.6 Å². The molecule has 1 aromatic heterocycles. The highest BCUT2D eigenvalue weighted by Gasteiger charge is 2.32. The quantitative estimate of drug-likeness (QED) is 0.308. The number of nitro groups is 1. The van der Waals surface area contributed by atoms with Crippen LogP contribution in [-0.4, -0.2) is 56.7 Å². The number of hydrogen-bond donors (Lipinski definition) is 2. The minimum absolute atomic E-state index is 0.0578. The molecule has 0 spiro atoms. The molecule has 0 aliphatic heterocycles. The van der Waals surface area contributed by atoms with Gasteiger partial charge in [0.2, 0.25) is 5.91 Å². The van der Waals surface area contributed by atoms with Crippen LogP contribution in [0.15, 0.2) is 18.2 Å². The van der Waals surface area contributed by atoms with Crippen molar-refractivity contribution in [2.24, 2.45) is 13.0 Å². The molecular formula is C23H33N5O7. The molecular weight excluding hydrogens is 458 g/mol. The lowest BCUT2D eigenvalue weighted by atomic mass is 10.0. The third kappa shape index (κ3) is 7.39. The number of nitrogens with one attached hydrogen (secondary N) is 2. The Balaban J connectivity index is 2.37. The van der Waals surface area contributed by atoms with E-state index in [2.05, 4.69) is 15.6 Å². The highest BCUT2D eigenvalue weighted by atomic mass is 16.6. The van der Waals surface area contributed by atoms with Gasteiger partial charge in [-0.3, -0.25) is 14.9 Å². The van der Waals surface area contributed by atoms with E-state index in [1.54, 1.807) is 59.2 Å². The van der Waals surface area contributed by atoms with Crippen LogP contribution in [0.1, 0.15) is 47.4 Å². The Morgan fingerprint density at radius 1 is 1.20 bits per heavy atom. The van der Waals surface area contributed by atoms with Crippen molar-refractivity contribution < 1.29 is 28.8 Å². The van der Waals surface area contributed by atoms with E-state index in [1.165, 1.54) is 12.1 Å². The Bertz CT molecular complexity index is 1100. The van der Waals surface area contributed by atoms with Crippen molar-refractivity contribution >= 4 is 34.7 Å². The lowest BCUT2D eigenvalue weighted by molar-refractivity contribution is -0.384. The summed E-state index contributed by atoms with van der Waals surface area (Å²) in [6, 6.07) is 2.20. The fourth-order valence-corrected chi connectivity index (χ4v) is 3.36. The second kappa shape index (κ2) is 11.2. The first-order chi connectivity index (χ1) is 16.2. The molecule has 1 aromatic carbocycles. The summed E-state index contributed by atoms with van der Waals surface area (Å²) in [5.41, 5.74) is 0.0821. The van der Waals surface area contributed by atoms with E-state index >= 15 is 0 Å². The number of amides is 2. The molecule has 0 radical (unpaired) electrons. The van der Waals surface area contributed by atoms with Crippen molar-refractivity contribution in [3.63, 3.8) is 0 Å². The molecule has 2 amide bonds. The van der Waals surface area contributed by atoms with Crippen LogP contribution in [0.3, 0.4) is 0 Å². The largest absolute Gasteiger partial charge is 0.464 e. The summed E-state index contributed by atoms with van der Waals surface area (Å²) in [6.07, 6.45) is -0.873. The van der Waals surface area contributed by atoms with Crippen molar-refractivity contribution in [3.8, 4) is 0 Å². The number of esters is 1. The number of aryl methyl sites for hydroxylation is 1. The molecule has 2 atom stereocenters. The van der Waals surface area contributed by atoms with Gasteiger partial charge in [-0.15, -0.1) is 0 Å². The van der Waals surface area contributed by atoms with E-state index in [4.69, 9.17) is 9.47 Å². The van der Waals surface area contributed by atoms with Gasteiger partial charge in [-0.1, -0.05) is 13.8 Å². The smallest absolute Gasteiger partial charge is 0.408 e. The molecule has 0 aliphatic carbocycles. The fraction of sp³-hybridized carbons (Fsp3) is 0.565. The molecule has 0 bridgehead atoms. The average Bonchev–Trinajstić information content (AvgIpc) is 3.04. The van der Waals surface area contributed by atoms with Gasteiger partial charge in [0.25, 0.3) is 5.69 Å². The van der Waals surface area contributed by atoms with Crippen LogP contribution in [0.25, 0.3) is 11.0 Å². The van der Waals surface area contributed by atoms with Crippen molar-refractivity contribution in [1.29, 1.82) is 0 Å². The van der Waals surface area contributed by atoms with Crippen molar-refractivity contribution in [1.82, 2.24) is 20.2 Å². The first kappa shape index (κ1) is 27.5. The molecule has 12 nitrogen and oxygen atoms in total. The van der Waals surface area contributed by atoms with Crippen LogP contribution in [-0.2, 0) is 32.5 Å². The maximum atomic E-state index is 13.2.